The summed E-state index contributed by atoms with van der Waals surface area (Å²) in [5.41, 5.74) is 3.37. The number of aryl methyl sites for hydroxylation is 1. The van der Waals surface area contributed by atoms with E-state index in [0.717, 1.165) is 18.5 Å². The first kappa shape index (κ1) is 11.6. The van der Waals surface area contributed by atoms with E-state index < -0.39 is 6.17 Å². The first-order valence-electron chi connectivity index (χ1n) is 6.13. The van der Waals surface area contributed by atoms with E-state index in [4.69, 9.17) is 0 Å². The smallest absolute Gasteiger partial charge is 0.122 e. The number of rotatable bonds is 3. The average molecular weight is 221 g/mol. The molecule has 1 aliphatic heterocycles. The zero-order valence-electron chi connectivity index (χ0n) is 10.1. The molecule has 1 aromatic carbocycles. The summed E-state index contributed by atoms with van der Waals surface area (Å²) < 4.78 is 13.2. The zero-order valence-corrected chi connectivity index (χ0v) is 10.1. The third kappa shape index (κ3) is 2.62. The number of hydrogen-bond acceptors (Lipinski definition) is 1. The van der Waals surface area contributed by atoms with Crippen molar-refractivity contribution in [2.75, 3.05) is 6.54 Å². The van der Waals surface area contributed by atoms with Gasteiger partial charge in [-0.05, 0) is 56.3 Å². The minimum absolute atomic E-state index is 0.587. The van der Waals surface area contributed by atoms with Crippen LogP contribution in [0.2, 0.25) is 0 Å². The second-order valence-electron chi connectivity index (χ2n) is 4.80. The van der Waals surface area contributed by atoms with Gasteiger partial charge in [-0.25, -0.2) is 4.39 Å². The number of nitrogens with one attached hydrogen (secondary N) is 1. The molecule has 1 fully saturated rings. The van der Waals surface area contributed by atoms with Crippen LogP contribution < -0.4 is 5.32 Å². The van der Waals surface area contributed by atoms with E-state index in [1.54, 1.807) is 6.92 Å². The van der Waals surface area contributed by atoms with Crippen molar-refractivity contribution in [1.82, 2.24) is 5.32 Å². The SMILES string of the molecule is Cc1ccc(C(C)F)cc1CC1CCCN1. The highest BCUT2D eigenvalue weighted by Crippen LogP contribution is 2.22. The van der Waals surface area contributed by atoms with Crippen LogP contribution in [0.5, 0.6) is 0 Å². The van der Waals surface area contributed by atoms with Crippen molar-refractivity contribution in [3.63, 3.8) is 0 Å². The van der Waals surface area contributed by atoms with Crippen LogP contribution in [0.1, 0.15) is 42.6 Å². The highest BCUT2D eigenvalue weighted by molar-refractivity contribution is 5.32. The second kappa shape index (κ2) is 4.96. The molecule has 0 bridgehead atoms. The van der Waals surface area contributed by atoms with Gasteiger partial charge in [-0.1, -0.05) is 18.2 Å². The fourth-order valence-corrected chi connectivity index (χ4v) is 2.36. The molecular weight excluding hydrogens is 201 g/mol. The van der Waals surface area contributed by atoms with Gasteiger partial charge in [-0.2, -0.15) is 0 Å². The van der Waals surface area contributed by atoms with Gasteiger partial charge in [0.2, 0.25) is 0 Å². The number of alkyl halides is 1. The van der Waals surface area contributed by atoms with E-state index in [-0.39, 0.29) is 0 Å². The van der Waals surface area contributed by atoms with Crippen molar-refractivity contribution < 1.29 is 4.39 Å². The molecule has 0 aromatic heterocycles. The van der Waals surface area contributed by atoms with Crippen LogP contribution in [-0.4, -0.2) is 12.6 Å². The normalized spacial score (nSPS) is 22.3. The molecule has 88 valence electrons. The Kier molecular flexibility index (Phi) is 3.59. The Labute approximate surface area is 97.1 Å². The number of hydrogen-bond donors (Lipinski definition) is 1. The molecule has 2 atom stereocenters. The van der Waals surface area contributed by atoms with Crippen LogP contribution in [0, 0.1) is 6.92 Å². The van der Waals surface area contributed by atoms with Gasteiger partial charge in [-0.3, -0.25) is 0 Å². The Morgan fingerprint density at radius 2 is 2.31 bits per heavy atom. The van der Waals surface area contributed by atoms with Gasteiger partial charge in [0, 0.05) is 6.04 Å². The van der Waals surface area contributed by atoms with Crippen molar-refractivity contribution in [3.05, 3.63) is 34.9 Å². The molecular formula is C14H20FN. The topological polar surface area (TPSA) is 12.0 Å². The van der Waals surface area contributed by atoms with Gasteiger partial charge in [0.15, 0.2) is 0 Å². The summed E-state index contributed by atoms with van der Waals surface area (Å²) in [4.78, 5) is 0. The highest BCUT2D eigenvalue weighted by Gasteiger charge is 2.16. The molecule has 2 unspecified atom stereocenters. The Morgan fingerprint density at radius 3 is 2.94 bits per heavy atom. The maximum absolute atomic E-state index is 13.2. The Balaban J connectivity index is 2.14. The lowest BCUT2D eigenvalue weighted by Crippen LogP contribution is -2.24. The standard InChI is InChI=1S/C14H20FN/c1-10-5-6-12(11(2)15)8-13(10)9-14-4-3-7-16-14/h5-6,8,11,14,16H,3-4,7,9H2,1-2H3. The summed E-state index contributed by atoms with van der Waals surface area (Å²) >= 11 is 0. The maximum Gasteiger partial charge on any atom is 0.122 e. The highest BCUT2D eigenvalue weighted by atomic mass is 19.1. The van der Waals surface area contributed by atoms with Crippen molar-refractivity contribution in [2.45, 2.75) is 45.3 Å². The molecule has 0 radical (unpaired) electrons. The van der Waals surface area contributed by atoms with Crippen LogP contribution in [0.3, 0.4) is 0 Å². The molecule has 1 nitrogen and oxygen atoms in total. The Hall–Kier alpha value is -0.890. The summed E-state index contributed by atoms with van der Waals surface area (Å²) in [6.45, 7) is 4.84. The van der Waals surface area contributed by atoms with Crippen LogP contribution in [0.25, 0.3) is 0 Å². The molecule has 1 heterocycles. The van der Waals surface area contributed by atoms with E-state index in [2.05, 4.69) is 12.2 Å². The zero-order chi connectivity index (χ0) is 11.5. The maximum atomic E-state index is 13.2. The Bertz CT molecular complexity index is 354. The molecule has 1 saturated heterocycles. The predicted octanol–water partition coefficient (Wildman–Crippen LogP) is 3.32. The molecule has 2 heteroatoms. The van der Waals surface area contributed by atoms with Crippen LogP contribution >= 0.6 is 0 Å². The van der Waals surface area contributed by atoms with E-state index in [1.807, 2.05) is 18.2 Å². The van der Waals surface area contributed by atoms with Gasteiger partial charge in [-0.15, -0.1) is 0 Å². The van der Waals surface area contributed by atoms with E-state index in [0.29, 0.717) is 6.04 Å². The first-order chi connectivity index (χ1) is 7.66. The fraction of sp³-hybridized carbons (Fsp3) is 0.571. The molecule has 2 rings (SSSR count). The molecule has 1 aliphatic rings. The van der Waals surface area contributed by atoms with E-state index in [9.17, 15) is 4.39 Å². The van der Waals surface area contributed by atoms with Gasteiger partial charge in [0.25, 0.3) is 0 Å². The molecule has 0 amide bonds. The second-order valence-corrected chi connectivity index (χ2v) is 4.80. The molecule has 0 spiro atoms. The first-order valence-corrected chi connectivity index (χ1v) is 6.13. The summed E-state index contributed by atoms with van der Waals surface area (Å²) in [5.74, 6) is 0. The molecule has 16 heavy (non-hydrogen) atoms. The van der Waals surface area contributed by atoms with E-state index >= 15 is 0 Å². The van der Waals surface area contributed by atoms with Crippen molar-refractivity contribution in [3.8, 4) is 0 Å². The van der Waals surface area contributed by atoms with Crippen molar-refractivity contribution in [2.24, 2.45) is 0 Å². The predicted molar refractivity (Wildman–Crippen MR) is 65.4 cm³/mol. The summed E-state index contributed by atoms with van der Waals surface area (Å²) in [6.07, 6.45) is 2.68. The molecule has 1 aromatic rings. The largest absolute Gasteiger partial charge is 0.314 e. The third-order valence-electron chi connectivity index (χ3n) is 3.46. The molecule has 1 N–H and O–H groups in total. The average Bonchev–Trinajstić information content (AvgIpc) is 2.73. The van der Waals surface area contributed by atoms with Gasteiger partial charge in [0.05, 0.1) is 0 Å². The molecule has 0 saturated carbocycles. The summed E-state index contributed by atoms with van der Waals surface area (Å²) in [7, 11) is 0. The quantitative estimate of drug-likeness (QED) is 0.825. The van der Waals surface area contributed by atoms with Gasteiger partial charge in [0.1, 0.15) is 6.17 Å². The molecule has 0 aliphatic carbocycles. The van der Waals surface area contributed by atoms with Gasteiger partial charge >= 0.3 is 0 Å². The van der Waals surface area contributed by atoms with Crippen LogP contribution in [0.4, 0.5) is 4.39 Å². The van der Waals surface area contributed by atoms with E-state index in [1.165, 1.54) is 24.0 Å². The summed E-state index contributed by atoms with van der Waals surface area (Å²) in [6, 6.07) is 6.55. The summed E-state index contributed by atoms with van der Waals surface area (Å²) in [5, 5.41) is 3.49. The monoisotopic (exact) mass is 221 g/mol. The van der Waals surface area contributed by atoms with Crippen molar-refractivity contribution >= 4 is 0 Å². The lowest BCUT2D eigenvalue weighted by atomic mass is 9.97. The third-order valence-corrected chi connectivity index (χ3v) is 3.46. The lowest BCUT2D eigenvalue weighted by Gasteiger charge is -2.14. The lowest BCUT2D eigenvalue weighted by molar-refractivity contribution is 0.374. The number of benzene rings is 1. The minimum Gasteiger partial charge on any atom is -0.314 e. The van der Waals surface area contributed by atoms with Crippen LogP contribution in [-0.2, 0) is 6.42 Å². The minimum atomic E-state index is -0.865. The number of halogens is 1. The van der Waals surface area contributed by atoms with Crippen molar-refractivity contribution in [1.29, 1.82) is 0 Å². The fourth-order valence-electron chi connectivity index (χ4n) is 2.36. The van der Waals surface area contributed by atoms with Gasteiger partial charge < -0.3 is 5.32 Å². The Morgan fingerprint density at radius 1 is 1.50 bits per heavy atom. The van der Waals surface area contributed by atoms with Crippen LogP contribution in [0.15, 0.2) is 18.2 Å².